The van der Waals surface area contributed by atoms with Gasteiger partial charge < -0.3 is 10.1 Å². The molecule has 0 heterocycles. The Morgan fingerprint density at radius 3 is 2.58 bits per heavy atom. The zero-order valence-corrected chi connectivity index (χ0v) is 16.0. The van der Waals surface area contributed by atoms with Crippen LogP contribution < -0.4 is 10.1 Å². The second kappa shape index (κ2) is 8.34. The number of amides is 1. The van der Waals surface area contributed by atoms with E-state index < -0.39 is 0 Å². The number of benzene rings is 2. The summed E-state index contributed by atoms with van der Waals surface area (Å²) < 4.78 is 6.72. The van der Waals surface area contributed by atoms with E-state index in [1.165, 1.54) is 5.56 Å². The van der Waals surface area contributed by atoms with Crippen molar-refractivity contribution in [2.75, 3.05) is 13.2 Å². The molecule has 2 aromatic carbocycles. The maximum absolute atomic E-state index is 11.9. The highest BCUT2D eigenvalue weighted by molar-refractivity contribution is 9.10. The maximum atomic E-state index is 11.9. The van der Waals surface area contributed by atoms with Crippen LogP contribution in [-0.4, -0.2) is 19.1 Å². The first-order valence-corrected chi connectivity index (χ1v) is 8.88. The number of hydrogen-bond acceptors (Lipinski definition) is 2. The average molecular weight is 390 g/mol. The standard InChI is InChI=1S/C20H24BrNO2/c1-20(2,3)16-7-5-9-18(14-16)24-11-10-22-19(23)13-15-6-4-8-17(21)12-15/h4-9,12,14H,10-11,13H2,1-3H3,(H,22,23). The first kappa shape index (κ1) is 18.5. The van der Waals surface area contributed by atoms with Crippen molar-refractivity contribution in [2.45, 2.75) is 32.6 Å². The lowest BCUT2D eigenvalue weighted by Crippen LogP contribution is -2.29. The van der Waals surface area contributed by atoms with Crippen molar-refractivity contribution in [1.82, 2.24) is 5.32 Å². The van der Waals surface area contributed by atoms with Gasteiger partial charge in [0.2, 0.25) is 5.91 Å². The van der Waals surface area contributed by atoms with E-state index in [2.05, 4.69) is 54.2 Å². The molecule has 0 saturated heterocycles. The van der Waals surface area contributed by atoms with Gasteiger partial charge in [0.1, 0.15) is 12.4 Å². The monoisotopic (exact) mass is 389 g/mol. The molecule has 0 aliphatic rings. The van der Waals surface area contributed by atoms with Crippen molar-refractivity contribution in [3.63, 3.8) is 0 Å². The summed E-state index contributed by atoms with van der Waals surface area (Å²) in [5.74, 6) is 0.837. The second-order valence-corrected chi connectivity index (χ2v) is 7.70. The second-order valence-electron chi connectivity index (χ2n) is 6.78. The number of halogens is 1. The summed E-state index contributed by atoms with van der Waals surface area (Å²) in [4.78, 5) is 11.9. The molecule has 0 unspecified atom stereocenters. The Kier molecular flexibility index (Phi) is 6.44. The predicted molar refractivity (Wildman–Crippen MR) is 101 cm³/mol. The highest BCUT2D eigenvalue weighted by atomic mass is 79.9. The molecule has 1 N–H and O–H groups in total. The van der Waals surface area contributed by atoms with Gasteiger partial charge in [0.15, 0.2) is 0 Å². The third kappa shape index (κ3) is 6.00. The van der Waals surface area contributed by atoms with E-state index >= 15 is 0 Å². The van der Waals surface area contributed by atoms with Crippen molar-refractivity contribution < 1.29 is 9.53 Å². The van der Waals surface area contributed by atoms with Crippen LogP contribution >= 0.6 is 15.9 Å². The molecule has 0 aliphatic heterocycles. The molecule has 2 aromatic rings. The lowest BCUT2D eigenvalue weighted by atomic mass is 9.87. The molecule has 0 aromatic heterocycles. The van der Waals surface area contributed by atoms with Crippen LogP contribution in [0, 0.1) is 0 Å². The van der Waals surface area contributed by atoms with Crippen LogP contribution in [-0.2, 0) is 16.6 Å². The summed E-state index contributed by atoms with van der Waals surface area (Å²) >= 11 is 3.41. The van der Waals surface area contributed by atoms with Gasteiger partial charge in [-0.05, 0) is 40.8 Å². The van der Waals surface area contributed by atoms with Crippen LogP contribution in [0.1, 0.15) is 31.9 Å². The molecule has 2 rings (SSSR count). The quantitative estimate of drug-likeness (QED) is 0.739. The van der Waals surface area contributed by atoms with Crippen LogP contribution in [0.3, 0.4) is 0 Å². The molecule has 0 atom stereocenters. The molecular formula is C20H24BrNO2. The largest absolute Gasteiger partial charge is 0.492 e. The summed E-state index contributed by atoms with van der Waals surface area (Å²) in [5, 5.41) is 2.89. The Morgan fingerprint density at radius 2 is 1.88 bits per heavy atom. The summed E-state index contributed by atoms with van der Waals surface area (Å²) in [7, 11) is 0. The first-order chi connectivity index (χ1) is 11.3. The van der Waals surface area contributed by atoms with Crippen LogP contribution in [0.15, 0.2) is 53.0 Å². The van der Waals surface area contributed by atoms with E-state index in [9.17, 15) is 4.79 Å². The van der Waals surface area contributed by atoms with E-state index in [1.807, 2.05) is 36.4 Å². The number of rotatable bonds is 6. The summed E-state index contributed by atoms with van der Waals surface area (Å²) in [6, 6.07) is 15.9. The van der Waals surface area contributed by atoms with Crippen LogP contribution in [0.5, 0.6) is 5.75 Å². The topological polar surface area (TPSA) is 38.3 Å². The van der Waals surface area contributed by atoms with Gasteiger partial charge in [-0.25, -0.2) is 0 Å². The third-order valence-corrected chi connectivity index (χ3v) is 4.14. The fourth-order valence-corrected chi connectivity index (χ4v) is 2.75. The van der Waals surface area contributed by atoms with Crippen molar-refractivity contribution in [1.29, 1.82) is 0 Å². The molecule has 0 radical (unpaired) electrons. The van der Waals surface area contributed by atoms with Gasteiger partial charge >= 0.3 is 0 Å². The molecular weight excluding hydrogens is 366 g/mol. The fourth-order valence-electron chi connectivity index (χ4n) is 2.31. The van der Waals surface area contributed by atoms with Gasteiger partial charge in [-0.15, -0.1) is 0 Å². The van der Waals surface area contributed by atoms with Crippen molar-refractivity contribution in [2.24, 2.45) is 0 Å². The summed E-state index contributed by atoms with van der Waals surface area (Å²) in [5.41, 5.74) is 2.32. The molecule has 1 amide bonds. The van der Waals surface area contributed by atoms with Crippen molar-refractivity contribution in [3.05, 3.63) is 64.1 Å². The van der Waals surface area contributed by atoms with E-state index in [0.717, 1.165) is 15.8 Å². The third-order valence-electron chi connectivity index (χ3n) is 3.65. The van der Waals surface area contributed by atoms with Crippen LogP contribution in [0.25, 0.3) is 0 Å². The minimum absolute atomic E-state index is 0.000132. The Labute approximate surface area is 152 Å². The van der Waals surface area contributed by atoms with Gasteiger partial charge in [-0.3, -0.25) is 4.79 Å². The van der Waals surface area contributed by atoms with Gasteiger partial charge in [0, 0.05) is 4.47 Å². The highest BCUT2D eigenvalue weighted by Crippen LogP contribution is 2.25. The first-order valence-electron chi connectivity index (χ1n) is 8.09. The summed E-state index contributed by atoms with van der Waals surface area (Å²) in [6.45, 7) is 7.47. The number of ether oxygens (including phenoxy) is 1. The van der Waals surface area contributed by atoms with E-state index in [-0.39, 0.29) is 11.3 Å². The van der Waals surface area contributed by atoms with Gasteiger partial charge in [-0.2, -0.15) is 0 Å². The van der Waals surface area contributed by atoms with E-state index in [1.54, 1.807) is 0 Å². The molecule has 0 bridgehead atoms. The van der Waals surface area contributed by atoms with Gasteiger partial charge in [-0.1, -0.05) is 61.0 Å². The van der Waals surface area contributed by atoms with Crippen molar-refractivity contribution in [3.8, 4) is 5.75 Å². The Balaban J connectivity index is 1.76. The number of nitrogens with one attached hydrogen (secondary N) is 1. The SMILES string of the molecule is CC(C)(C)c1cccc(OCCNC(=O)Cc2cccc(Br)c2)c1. The van der Waals surface area contributed by atoms with Crippen LogP contribution in [0.2, 0.25) is 0 Å². The normalized spacial score (nSPS) is 11.2. The molecule has 24 heavy (non-hydrogen) atoms. The molecule has 0 aliphatic carbocycles. The zero-order chi connectivity index (χ0) is 17.6. The lowest BCUT2D eigenvalue weighted by Gasteiger charge is -2.19. The smallest absolute Gasteiger partial charge is 0.224 e. The predicted octanol–water partition coefficient (Wildman–Crippen LogP) is 4.48. The van der Waals surface area contributed by atoms with Gasteiger partial charge in [0.25, 0.3) is 0 Å². The lowest BCUT2D eigenvalue weighted by molar-refractivity contribution is -0.120. The molecule has 0 spiro atoms. The maximum Gasteiger partial charge on any atom is 0.224 e. The van der Waals surface area contributed by atoms with Crippen LogP contribution in [0.4, 0.5) is 0 Å². The van der Waals surface area contributed by atoms with E-state index in [0.29, 0.717) is 19.6 Å². The van der Waals surface area contributed by atoms with Gasteiger partial charge in [0.05, 0.1) is 13.0 Å². The van der Waals surface area contributed by atoms with E-state index in [4.69, 9.17) is 4.74 Å². The molecule has 4 heteroatoms. The number of hydrogen-bond donors (Lipinski definition) is 1. The number of carbonyl (C=O) groups excluding carboxylic acids is 1. The minimum atomic E-state index is 0.000132. The van der Waals surface area contributed by atoms with Crippen molar-refractivity contribution >= 4 is 21.8 Å². The highest BCUT2D eigenvalue weighted by Gasteiger charge is 2.13. The fraction of sp³-hybridized carbons (Fsp3) is 0.350. The minimum Gasteiger partial charge on any atom is -0.492 e. The Bertz CT molecular complexity index is 692. The Hall–Kier alpha value is -1.81. The molecule has 3 nitrogen and oxygen atoms in total. The molecule has 0 saturated carbocycles. The average Bonchev–Trinajstić information content (AvgIpc) is 2.51. The summed E-state index contributed by atoms with van der Waals surface area (Å²) in [6.07, 6.45) is 0.374. The number of carbonyl (C=O) groups is 1. The zero-order valence-electron chi connectivity index (χ0n) is 14.4. The molecule has 128 valence electrons. The molecule has 0 fully saturated rings. The Morgan fingerprint density at radius 1 is 1.12 bits per heavy atom.